The standard InChI is InChI=1S/C9H19NO/c1-8(7-11)9-3-5-10(2)6-4-9/h8-9,11H,3-7H2,1-2H3. The van der Waals surface area contributed by atoms with Crippen molar-refractivity contribution in [3.8, 4) is 0 Å². The highest BCUT2D eigenvalue weighted by Gasteiger charge is 2.21. The summed E-state index contributed by atoms with van der Waals surface area (Å²) >= 11 is 0. The van der Waals surface area contributed by atoms with Crippen LogP contribution in [-0.2, 0) is 0 Å². The minimum Gasteiger partial charge on any atom is -0.396 e. The van der Waals surface area contributed by atoms with Crippen molar-refractivity contribution in [3.63, 3.8) is 0 Å². The molecule has 0 amide bonds. The molecule has 1 saturated heterocycles. The first-order valence-electron chi connectivity index (χ1n) is 4.53. The molecular weight excluding hydrogens is 138 g/mol. The zero-order valence-corrected chi connectivity index (χ0v) is 7.58. The van der Waals surface area contributed by atoms with Crippen LogP contribution in [0.4, 0.5) is 0 Å². The van der Waals surface area contributed by atoms with E-state index in [1.807, 2.05) is 0 Å². The van der Waals surface area contributed by atoms with Gasteiger partial charge in [0.05, 0.1) is 0 Å². The Kier molecular flexibility index (Phi) is 3.34. The van der Waals surface area contributed by atoms with Crippen molar-refractivity contribution >= 4 is 0 Å². The number of hydrogen-bond acceptors (Lipinski definition) is 2. The van der Waals surface area contributed by atoms with Crippen LogP contribution in [0.3, 0.4) is 0 Å². The molecule has 1 aliphatic rings. The quantitative estimate of drug-likeness (QED) is 0.645. The Morgan fingerprint density at radius 2 is 2.00 bits per heavy atom. The fourth-order valence-corrected chi connectivity index (χ4v) is 1.75. The molecule has 1 atom stereocenters. The summed E-state index contributed by atoms with van der Waals surface area (Å²) in [6.45, 7) is 4.91. The van der Waals surface area contributed by atoms with E-state index in [4.69, 9.17) is 5.11 Å². The second-order valence-electron chi connectivity index (χ2n) is 3.80. The third-order valence-corrected chi connectivity index (χ3v) is 2.86. The van der Waals surface area contributed by atoms with E-state index < -0.39 is 0 Å². The summed E-state index contributed by atoms with van der Waals surface area (Å²) < 4.78 is 0. The summed E-state index contributed by atoms with van der Waals surface area (Å²) in [4.78, 5) is 2.36. The summed E-state index contributed by atoms with van der Waals surface area (Å²) in [5.41, 5.74) is 0. The minimum atomic E-state index is 0.356. The van der Waals surface area contributed by atoms with Gasteiger partial charge in [-0.2, -0.15) is 0 Å². The molecule has 1 fully saturated rings. The molecule has 1 unspecified atom stereocenters. The number of aliphatic hydroxyl groups is 1. The SMILES string of the molecule is CC(CO)C1CCN(C)CC1. The molecule has 1 heterocycles. The van der Waals surface area contributed by atoms with Crippen LogP contribution < -0.4 is 0 Å². The van der Waals surface area contributed by atoms with Crippen LogP contribution in [0.15, 0.2) is 0 Å². The molecule has 0 radical (unpaired) electrons. The van der Waals surface area contributed by atoms with Crippen LogP contribution in [0.2, 0.25) is 0 Å². The Hall–Kier alpha value is -0.0800. The van der Waals surface area contributed by atoms with Crippen molar-refractivity contribution in [3.05, 3.63) is 0 Å². The zero-order valence-electron chi connectivity index (χ0n) is 7.58. The smallest absolute Gasteiger partial charge is 0.0459 e. The number of aliphatic hydroxyl groups excluding tert-OH is 1. The average Bonchev–Trinajstić information content (AvgIpc) is 2.05. The fraction of sp³-hybridized carbons (Fsp3) is 1.00. The monoisotopic (exact) mass is 157 g/mol. The highest BCUT2D eigenvalue weighted by atomic mass is 16.3. The van der Waals surface area contributed by atoms with Gasteiger partial charge in [-0.05, 0) is 44.8 Å². The maximum absolute atomic E-state index is 8.94. The molecule has 1 N–H and O–H groups in total. The molecule has 1 rings (SSSR count). The maximum atomic E-state index is 8.94. The summed E-state index contributed by atoms with van der Waals surface area (Å²) in [5, 5.41) is 8.94. The van der Waals surface area contributed by atoms with Crippen LogP contribution in [0.25, 0.3) is 0 Å². The molecule has 0 saturated carbocycles. The Balaban J connectivity index is 2.27. The van der Waals surface area contributed by atoms with Crippen molar-refractivity contribution in [1.82, 2.24) is 4.90 Å². The van der Waals surface area contributed by atoms with E-state index in [1.54, 1.807) is 0 Å². The molecule has 0 spiro atoms. The van der Waals surface area contributed by atoms with Gasteiger partial charge in [0.2, 0.25) is 0 Å². The second-order valence-corrected chi connectivity index (χ2v) is 3.80. The normalized spacial score (nSPS) is 25.4. The molecule has 0 aromatic carbocycles. The van der Waals surface area contributed by atoms with Crippen LogP contribution >= 0.6 is 0 Å². The summed E-state index contributed by atoms with van der Waals surface area (Å²) in [6.07, 6.45) is 2.52. The van der Waals surface area contributed by atoms with Crippen molar-refractivity contribution in [2.75, 3.05) is 26.7 Å². The lowest BCUT2D eigenvalue weighted by Gasteiger charge is -2.31. The van der Waals surface area contributed by atoms with Gasteiger partial charge in [0.1, 0.15) is 0 Å². The average molecular weight is 157 g/mol. The number of piperidine rings is 1. The van der Waals surface area contributed by atoms with Crippen molar-refractivity contribution in [1.29, 1.82) is 0 Å². The third-order valence-electron chi connectivity index (χ3n) is 2.86. The Morgan fingerprint density at radius 3 is 2.45 bits per heavy atom. The van der Waals surface area contributed by atoms with E-state index >= 15 is 0 Å². The Morgan fingerprint density at radius 1 is 1.45 bits per heavy atom. The highest BCUT2D eigenvalue weighted by Crippen LogP contribution is 2.23. The molecule has 2 nitrogen and oxygen atoms in total. The van der Waals surface area contributed by atoms with Crippen LogP contribution in [-0.4, -0.2) is 36.8 Å². The van der Waals surface area contributed by atoms with E-state index in [0.29, 0.717) is 12.5 Å². The molecule has 1 aliphatic heterocycles. The van der Waals surface area contributed by atoms with Crippen molar-refractivity contribution < 1.29 is 5.11 Å². The molecule has 0 aromatic rings. The van der Waals surface area contributed by atoms with Gasteiger partial charge < -0.3 is 10.0 Å². The van der Waals surface area contributed by atoms with Crippen molar-refractivity contribution in [2.45, 2.75) is 19.8 Å². The predicted molar refractivity (Wildman–Crippen MR) is 46.5 cm³/mol. The minimum absolute atomic E-state index is 0.356. The van der Waals surface area contributed by atoms with Crippen LogP contribution in [0.1, 0.15) is 19.8 Å². The van der Waals surface area contributed by atoms with Gasteiger partial charge in [-0.3, -0.25) is 0 Å². The molecule has 0 aliphatic carbocycles. The molecule has 11 heavy (non-hydrogen) atoms. The molecule has 2 heteroatoms. The fourth-order valence-electron chi connectivity index (χ4n) is 1.75. The number of rotatable bonds is 2. The lowest BCUT2D eigenvalue weighted by atomic mass is 9.86. The van der Waals surface area contributed by atoms with Crippen molar-refractivity contribution in [2.24, 2.45) is 11.8 Å². The number of hydrogen-bond donors (Lipinski definition) is 1. The topological polar surface area (TPSA) is 23.5 Å². The molecule has 66 valence electrons. The third kappa shape index (κ3) is 2.46. The van der Waals surface area contributed by atoms with Gasteiger partial charge in [0.25, 0.3) is 0 Å². The summed E-state index contributed by atoms with van der Waals surface area (Å²) in [6, 6.07) is 0. The van der Waals surface area contributed by atoms with E-state index in [9.17, 15) is 0 Å². The lowest BCUT2D eigenvalue weighted by molar-refractivity contribution is 0.129. The summed E-state index contributed by atoms with van der Waals surface area (Å²) in [5.74, 6) is 1.26. The van der Waals surface area contributed by atoms with Gasteiger partial charge in [-0.15, -0.1) is 0 Å². The largest absolute Gasteiger partial charge is 0.396 e. The van der Waals surface area contributed by atoms with E-state index in [0.717, 1.165) is 5.92 Å². The highest BCUT2D eigenvalue weighted by molar-refractivity contribution is 4.73. The van der Waals surface area contributed by atoms with Gasteiger partial charge in [-0.25, -0.2) is 0 Å². The van der Waals surface area contributed by atoms with E-state index in [1.165, 1.54) is 25.9 Å². The second kappa shape index (κ2) is 4.07. The molecule has 0 bridgehead atoms. The lowest BCUT2D eigenvalue weighted by Crippen LogP contribution is -2.33. The number of nitrogens with zero attached hydrogens (tertiary/aromatic N) is 1. The first-order chi connectivity index (χ1) is 5.24. The molecular formula is C9H19NO. The van der Waals surface area contributed by atoms with E-state index in [-0.39, 0.29) is 0 Å². The zero-order chi connectivity index (χ0) is 8.27. The summed E-state index contributed by atoms with van der Waals surface area (Å²) in [7, 11) is 2.17. The predicted octanol–water partition coefficient (Wildman–Crippen LogP) is 0.957. The van der Waals surface area contributed by atoms with Gasteiger partial charge in [0, 0.05) is 6.61 Å². The molecule has 0 aromatic heterocycles. The van der Waals surface area contributed by atoms with Gasteiger partial charge >= 0.3 is 0 Å². The van der Waals surface area contributed by atoms with Gasteiger partial charge in [-0.1, -0.05) is 6.92 Å². The first kappa shape index (κ1) is 9.01. The Labute approximate surface area is 69.2 Å². The van der Waals surface area contributed by atoms with Crippen LogP contribution in [0.5, 0.6) is 0 Å². The maximum Gasteiger partial charge on any atom is 0.0459 e. The number of likely N-dealkylation sites (tertiary alicyclic amines) is 1. The Bertz CT molecular complexity index is 108. The van der Waals surface area contributed by atoms with Crippen LogP contribution in [0, 0.1) is 11.8 Å². The van der Waals surface area contributed by atoms with E-state index in [2.05, 4.69) is 18.9 Å². The first-order valence-corrected chi connectivity index (χ1v) is 4.53. The van der Waals surface area contributed by atoms with Gasteiger partial charge in [0.15, 0.2) is 0 Å².